The molecule has 112 valence electrons. The van der Waals surface area contributed by atoms with Crippen LogP contribution in [0.2, 0.25) is 0 Å². The van der Waals surface area contributed by atoms with Crippen LogP contribution in [-0.4, -0.2) is 66.9 Å². The summed E-state index contributed by atoms with van der Waals surface area (Å²) in [6.07, 6.45) is -6.69. The van der Waals surface area contributed by atoms with E-state index < -0.39 is 57.3 Å². The number of aliphatic carboxylic acids is 1. The first kappa shape index (κ1) is 18.1. The fourth-order valence-electron chi connectivity index (χ4n) is 1.08. The number of aliphatic hydroxyl groups excluding tert-OH is 3. The van der Waals surface area contributed by atoms with E-state index in [4.69, 9.17) is 14.9 Å². The third-order valence-corrected chi connectivity index (χ3v) is 2.54. The highest BCUT2D eigenvalue weighted by molar-refractivity contribution is 7.46. The fourth-order valence-corrected chi connectivity index (χ4v) is 1.37. The predicted octanol–water partition coefficient (Wildman–Crippen LogP) is -2.39. The van der Waals surface area contributed by atoms with Crippen LogP contribution >= 0.6 is 7.82 Å². The molecule has 0 saturated carbocycles. The van der Waals surface area contributed by atoms with Gasteiger partial charge in [-0.15, -0.1) is 0 Å². The Morgan fingerprint density at radius 2 is 1.68 bits per heavy atom. The summed E-state index contributed by atoms with van der Waals surface area (Å²) >= 11 is 0. The predicted molar refractivity (Wildman–Crippen MR) is 57.9 cm³/mol. The van der Waals surface area contributed by atoms with Gasteiger partial charge in [0.15, 0.2) is 5.78 Å². The molecule has 0 spiro atoms. The lowest BCUT2D eigenvalue weighted by atomic mass is 10.0. The highest BCUT2D eigenvalue weighted by Gasteiger charge is 2.31. The first-order valence-corrected chi connectivity index (χ1v) is 6.56. The number of rotatable bonds is 9. The van der Waals surface area contributed by atoms with E-state index in [1.807, 2.05) is 0 Å². The minimum Gasteiger partial charge on any atom is -0.481 e. The summed E-state index contributed by atoms with van der Waals surface area (Å²) in [5.41, 5.74) is 0. The summed E-state index contributed by atoms with van der Waals surface area (Å²) in [7, 11) is -4.89. The Hall–Kier alpha value is -0.870. The van der Waals surface area contributed by atoms with Crippen molar-refractivity contribution in [3.8, 4) is 0 Å². The molecule has 19 heavy (non-hydrogen) atoms. The van der Waals surface area contributed by atoms with E-state index in [0.29, 0.717) is 0 Å². The van der Waals surface area contributed by atoms with Crippen LogP contribution in [0.15, 0.2) is 0 Å². The number of hydrogen-bond donors (Lipinski definition) is 6. The molecule has 3 atom stereocenters. The number of ketones is 1. The zero-order valence-corrected chi connectivity index (χ0v) is 10.5. The quantitative estimate of drug-likeness (QED) is 0.251. The Morgan fingerprint density at radius 1 is 1.16 bits per heavy atom. The van der Waals surface area contributed by atoms with Gasteiger partial charge in [-0.05, 0) is 6.42 Å². The fraction of sp³-hybridized carbons (Fsp3) is 0.750. The average Bonchev–Trinajstić information content (AvgIpc) is 2.29. The second-order valence-electron chi connectivity index (χ2n) is 3.67. The van der Waals surface area contributed by atoms with E-state index in [1.54, 1.807) is 0 Å². The summed E-state index contributed by atoms with van der Waals surface area (Å²) in [5, 5.41) is 36.2. The smallest absolute Gasteiger partial charge is 0.470 e. The number of phosphoric ester groups is 1. The molecule has 10 nitrogen and oxygen atoms in total. The summed E-state index contributed by atoms with van der Waals surface area (Å²) in [5.74, 6) is -2.50. The van der Waals surface area contributed by atoms with Gasteiger partial charge in [0, 0.05) is 6.42 Å². The van der Waals surface area contributed by atoms with Crippen molar-refractivity contribution in [1.29, 1.82) is 0 Å². The van der Waals surface area contributed by atoms with Crippen LogP contribution in [0.25, 0.3) is 0 Å². The molecule has 0 heterocycles. The molecule has 0 bridgehead atoms. The van der Waals surface area contributed by atoms with E-state index in [-0.39, 0.29) is 0 Å². The lowest BCUT2D eigenvalue weighted by molar-refractivity contribution is -0.143. The van der Waals surface area contributed by atoms with E-state index >= 15 is 0 Å². The van der Waals surface area contributed by atoms with Gasteiger partial charge in [-0.3, -0.25) is 14.1 Å². The second kappa shape index (κ2) is 7.65. The third-order valence-electron chi connectivity index (χ3n) is 2.08. The van der Waals surface area contributed by atoms with Crippen molar-refractivity contribution in [3.05, 3.63) is 0 Å². The minimum absolute atomic E-state index is 0.403. The van der Waals surface area contributed by atoms with Crippen molar-refractivity contribution in [1.82, 2.24) is 0 Å². The SMILES string of the molecule is O=C(O)CC[C@H](O)[C@H](O)[C@@H](O)C(=O)COP(=O)(O)O. The van der Waals surface area contributed by atoms with Gasteiger partial charge in [0.05, 0.1) is 6.10 Å². The summed E-state index contributed by atoms with van der Waals surface area (Å²) < 4.78 is 14.1. The number of carboxylic acids is 1. The molecule has 0 unspecified atom stereocenters. The molecule has 11 heteroatoms. The third kappa shape index (κ3) is 8.01. The zero-order chi connectivity index (χ0) is 15.2. The maximum Gasteiger partial charge on any atom is 0.470 e. The maximum absolute atomic E-state index is 11.2. The molecule has 0 amide bonds. The first-order valence-electron chi connectivity index (χ1n) is 5.03. The monoisotopic (exact) mass is 302 g/mol. The zero-order valence-electron chi connectivity index (χ0n) is 9.62. The van der Waals surface area contributed by atoms with Crippen molar-refractivity contribution in [2.75, 3.05) is 6.61 Å². The number of carboxylic acid groups (broad SMARTS) is 1. The molecule has 0 aliphatic heterocycles. The minimum atomic E-state index is -4.89. The second-order valence-corrected chi connectivity index (χ2v) is 4.90. The van der Waals surface area contributed by atoms with Crippen LogP contribution in [0.4, 0.5) is 0 Å². The van der Waals surface area contributed by atoms with Crippen molar-refractivity contribution < 1.29 is 48.9 Å². The standard InChI is InChI=1S/C8H15O10P/c9-4(1-2-6(11)12)7(13)8(14)5(10)3-18-19(15,16)17/h4,7-9,13-14H,1-3H2,(H,11,12)(H2,15,16,17)/t4-,7-,8-/m0/s1. The molecule has 0 saturated heterocycles. The van der Waals surface area contributed by atoms with Crippen molar-refractivity contribution in [2.45, 2.75) is 31.2 Å². The first-order chi connectivity index (χ1) is 8.54. The van der Waals surface area contributed by atoms with Crippen molar-refractivity contribution in [2.24, 2.45) is 0 Å². The van der Waals surface area contributed by atoms with Crippen LogP contribution in [-0.2, 0) is 18.7 Å². The van der Waals surface area contributed by atoms with Gasteiger partial charge >= 0.3 is 13.8 Å². The number of carbonyl (C=O) groups excluding carboxylic acids is 1. The topological polar surface area (TPSA) is 182 Å². The summed E-state index contributed by atoms with van der Waals surface area (Å²) in [6, 6.07) is 0. The molecule has 0 aliphatic rings. The largest absolute Gasteiger partial charge is 0.481 e. The van der Waals surface area contributed by atoms with Gasteiger partial charge in [-0.2, -0.15) is 0 Å². The van der Waals surface area contributed by atoms with Gasteiger partial charge in [0.1, 0.15) is 18.8 Å². The molecule has 0 aliphatic carbocycles. The van der Waals surface area contributed by atoms with Gasteiger partial charge in [-0.25, -0.2) is 4.57 Å². The molecule has 6 N–H and O–H groups in total. The highest BCUT2D eigenvalue weighted by Crippen LogP contribution is 2.35. The van der Waals surface area contributed by atoms with E-state index in [0.717, 1.165) is 0 Å². The number of carbonyl (C=O) groups is 2. The van der Waals surface area contributed by atoms with Crippen molar-refractivity contribution >= 4 is 19.6 Å². The number of aliphatic hydroxyl groups is 3. The molecule has 0 aromatic heterocycles. The molecule has 0 radical (unpaired) electrons. The maximum atomic E-state index is 11.2. The van der Waals surface area contributed by atoms with Crippen LogP contribution in [0.3, 0.4) is 0 Å². The number of Topliss-reactive ketones (excluding diaryl/α,β-unsaturated/α-hetero) is 1. The van der Waals surface area contributed by atoms with E-state index in [9.17, 15) is 29.5 Å². The molecule has 0 aromatic carbocycles. The molecule has 0 rings (SSSR count). The Kier molecular flexibility index (Phi) is 7.30. The Morgan fingerprint density at radius 3 is 2.11 bits per heavy atom. The van der Waals surface area contributed by atoms with Gasteiger partial charge in [-0.1, -0.05) is 0 Å². The normalized spacial score (nSPS) is 16.7. The average molecular weight is 302 g/mol. The summed E-state index contributed by atoms with van der Waals surface area (Å²) in [6.45, 7) is -1.16. The lowest BCUT2D eigenvalue weighted by Gasteiger charge is -2.21. The van der Waals surface area contributed by atoms with Gasteiger partial charge < -0.3 is 30.2 Å². The molecule has 0 fully saturated rings. The van der Waals surface area contributed by atoms with Crippen LogP contribution < -0.4 is 0 Å². The molecular weight excluding hydrogens is 287 g/mol. The number of hydrogen-bond acceptors (Lipinski definition) is 7. The molecule has 0 aromatic rings. The molecular formula is C8H15O10P. The van der Waals surface area contributed by atoms with Crippen LogP contribution in [0, 0.1) is 0 Å². The van der Waals surface area contributed by atoms with Gasteiger partial charge in [0.25, 0.3) is 0 Å². The van der Waals surface area contributed by atoms with E-state index in [1.165, 1.54) is 0 Å². The van der Waals surface area contributed by atoms with Gasteiger partial charge in [0.2, 0.25) is 0 Å². The van der Waals surface area contributed by atoms with Crippen LogP contribution in [0.1, 0.15) is 12.8 Å². The summed E-state index contributed by atoms with van der Waals surface area (Å²) in [4.78, 5) is 38.0. The number of phosphoric acid groups is 1. The van der Waals surface area contributed by atoms with Crippen molar-refractivity contribution in [3.63, 3.8) is 0 Å². The lowest BCUT2D eigenvalue weighted by Crippen LogP contribution is -2.43. The Labute approximate surface area is 107 Å². The van der Waals surface area contributed by atoms with Crippen LogP contribution in [0.5, 0.6) is 0 Å². The Balaban J connectivity index is 4.30. The van der Waals surface area contributed by atoms with E-state index in [2.05, 4.69) is 4.52 Å². The Bertz CT molecular complexity index is 363. The highest BCUT2D eigenvalue weighted by atomic mass is 31.2.